The largest absolute Gasteiger partial charge is 0.492 e. The Labute approximate surface area is 126 Å². The van der Waals surface area contributed by atoms with Crippen molar-refractivity contribution in [1.29, 1.82) is 5.26 Å². The van der Waals surface area contributed by atoms with Gasteiger partial charge in [-0.3, -0.25) is 10.1 Å². The van der Waals surface area contributed by atoms with Crippen molar-refractivity contribution in [2.45, 2.75) is 33.1 Å². The lowest BCUT2D eigenvalue weighted by atomic mass is 9.89. The summed E-state index contributed by atoms with van der Waals surface area (Å²) in [5.41, 5.74) is -0.320. The smallest absolute Gasteiger partial charge is 0.287 e. The molecule has 0 bridgehead atoms. The Hall–Kier alpha value is -1.61. The number of hydrogen-bond acceptors (Lipinski definition) is 4. The van der Waals surface area contributed by atoms with Gasteiger partial charge in [0.15, 0.2) is 0 Å². The van der Waals surface area contributed by atoms with Crippen LogP contribution in [0.4, 0.5) is 5.69 Å². The summed E-state index contributed by atoms with van der Waals surface area (Å²) in [5, 5.41) is 19.7. The highest BCUT2D eigenvalue weighted by molar-refractivity contribution is 9.10. The number of nitriles is 1. The second kappa shape index (κ2) is 7.25. The van der Waals surface area contributed by atoms with Crippen molar-refractivity contribution in [1.82, 2.24) is 0 Å². The van der Waals surface area contributed by atoms with Crippen LogP contribution < -0.4 is 4.74 Å². The average Bonchev–Trinajstić information content (AvgIpc) is 2.39. The van der Waals surface area contributed by atoms with E-state index >= 15 is 0 Å². The van der Waals surface area contributed by atoms with E-state index in [2.05, 4.69) is 22.0 Å². The van der Waals surface area contributed by atoms with Gasteiger partial charge in [0, 0.05) is 6.07 Å². The Balaban J connectivity index is 2.46. The Morgan fingerprint density at radius 2 is 2.15 bits per heavy atom. The quantitative estimate of drug-likeness (QED) is 0.417. The van der Waals surface area contributed by atoms with E-state index in [1.165, 1.54) is 6.07 Å². The molecule has 0 amide bonds. The molecule has 1 aromatic carbocycles. The topological polar surface area (TPSA) is 76.2 Å². The lowest BCUT2D eigenvalue weighted by molar-refractivity contribution is -0.385. The number of unbranched alkanes of at least 4 members (excludes halogenated alkanes) is 1. The number of nitrogens with zero attached hydrogens (tertiary/aromatic N) is 2. The fraction of sp³-hybridized carbons (Fsp3) is 0.500. The molecule has 0 spiro atoms. The fourth-order valence-corrected chi connectivity index (χ4v) is 2.18. The maximum Gasteiger partial charge on any atom is 0.287 e. The Bertz CT molecular complexity index is 524. The van der Waals surface area contributed by atoms with Crippen molar-refractivity contribution in [3.63, 3.8) is 0 Å². The summed E-state index contributed by atoms with van der Waals surface area (Å²) >= 11 is 3.18. The minimum absolute atomic E-state index is 0.00638. The number of halogens is 1. The molecule has 0 aliphatic heterocycles. The van der Waals surface area contributed by atoms with E-state index < -0.39 is 4.92 Å². The number of rotatable bonds is 7. The minimum atomic E-state index is -0.452. The lowest BCUT2D eigenvalue weighted by Crippen LogP contribution is -2.08. The predicted octanol–water partition coefficient (Wildman–Crippen LogP) is 4.46. The van der Waals surface area contributed by atoms with Gasteiger partial charge in [0.1, 0.15) is 10.2 Å². The third-order valence-corrected chi connectivity index (χ3v) is 3.69. The molecule has 0 N–H and O–H groups in total. The predicted molar refractivity (Wildman–Crippen MR) is 79.5 cm³/mol. The number of hydrogen-bond donors (Lipinski definition) is 0. The Morgan fingerprint density at radius 1 is 1.45 bits per heavy atom. The van der Waals surface area contributed by atoms with Gasteiger partial charge < -0.3 is 4.74 Å². The monoisotopic (exact) mass is 340 g/mol. The molecule has 0 atom stereocenters. The molecule has 0 heterocycles. The molecule has 0 unspecified atom stereocenters. The van der Waals surface area contributed by atoms with Gasteiger partial charge in [0.2, 0.25) is 0 Å². The highest BCUT2D eigenvalue weighted by Crippen LogP contribution is 2.33. The summed E-state index contributed by atoms with van der Waals surface area (Å²) in [6.07, 6.45) is 2.50. The highest BCUT2D eigenvalue weighted by atomic mass is 79.9. The standard InChI is InChI=1S/C14H17BrN2O3/c1-14(2,10-16)8-3-4-9-20-12-7-5-6-11(13(12)15)17(18)19/h5-7H,3-4,8-9H2,1-2H3. The van der Waals surface area contributed by atoms with Gasteiger partial charge in [0.05, 0.1) is 23.0 Å². The Kier molecular flexibility index (Phi) is 5.96. The SMILES string of the molecule is CC(C)(C#N)CCCCOc1cccc([N+](=O)[O-])c1Br. The molecule has 0 saturated carbocycles. The van der Waals surface area contributed by atoms with E-state index in [4.69, 9.17) is 10.00 Å². The van der Waals surface area contributed by atoms with Gasteiger partial charge in [0.25, 0.3) is 5.69 Å². The van der Waals surface area contributed by atoms with Crippen LogP contribution in [0.2, 0.25) is 0 Å². The van der Waals surface area contributed by atoms with Crippen molar-refractivity contribution in [3.05, 3.63) is 32.8 Å². The number of nitro groups is 1. The van der Waals surface area contributed by atoms with Crippen LogP contribution >= 0.6 is 15.9 Å². The summed E-state index contributed by atoms with van der Waals surface area (Å²) < 4.78 is 5.91. The Morgan fingerprint density at radius 3 is 2.75 bits per heavy atom. The van der Waals surface area contributed by atoms with Crippen molar-refractivity contribution in [2.75, 3.05) is 6.61 Å². The number of nitro benzene ring substituents is 1. The van der Waals surface area contributed by atoms with E-state index in [9.17, 15) is 10.1 Å². The molecule has 108 valence electrons. The summed E-state index contributed by atoms with van der Waals surface area (Å²) in [7, 11) is 0. The molecule has 0 radical (unpaired) electrons. The summed E-state index contributed by atoms with van der Waals surface area (Å²) in [5.74, 6) is 0.471. The second-order valence-electron chi connectivity index (χ2n) is 5.15. The summed E-state index contributed by atoms with van der Waals surface area (Å²) in [6, 6.07) is 6.96. The first-order valence-corrected chi connectivity index (χ1v) is 7.13. The normalized spacial score (nSPS) is 10.9. The summed E-state index contributed by atoms with van der Waals surface area (Å²) in [4.78, 5) is 10.3. The maximum atomic E-state index is 10.8. The summed E-state index contributed by atoms with van der Waals surface area (Å²) in [6.45, 7) is 4.29. The van der Waals surface area contributed by atoms with Gasteiger partial charge in [-0.2, -0.15) is 5.26 Å². The van der Waals surface area contributed by atoms with Crippen molar-refractivity contribution in [2.24, 2.45) is 5.41 Å². The third-order valence-electron chi connectivity index (χ3n) is 2.90. The van der Waals surface area contributed by atoms with Crippen LogP contribution in [0.5, 0.6) is 5.75 Å². The van der Waals surface area contributed by atoms with Gasteiger partial charge in [-0.05, 0) is 55.1 Å². The van der Waals surface area contributed by atoms with Crippen molar-refractivity contribution in [3.8, 4) is 11.8 Å². The highest BCUT2D eigenvalue weighted by Gasteiger charge is 2.17. The zero-order valence-corrected chi connectivity index (χ0v) is 13.1. The van der Waals surface area contributed by atoms with Crippen LogP contribution in [-0.4, -0.2) is 11.5 Å². The van der Waals surface area contributed by atoms with Crippen LogP contribution in [0.15, 0.2) is 22.7 Å². The van der Waals surface area contributed by atoms with Crippen LogP contribution in [0.25, 0.3) is 0 Å². The molecule has 20 heavy (non-hydrogen) atoms. The first-order valence-electron chi connectivity index (χ1n) is 6.34. The van der Waals surface area contributed by atoms with Crippen molar-refractivity contribution >= 4 is 21.6 Å². The molecular formula is C14H17BrN2O3. The zero-order valence-electron chi connectivity index (χ0n) is 11.6. The second-order valence-corrected chi connectivity index (χ2v) is 5.94. The van der Waals surface area contributed by atoms with Gasteiger partial charge >= 0.3 is 0 Å². The van der Waals surface area contributed by atoms with E-state index in [-0.39, 0.29) is 11.1 Å². The molecule has 0 aromatic heterocycles. The maximum absolute atomic E-state index is 10.8. The first kappa shape index (κ1) is 16.4. The fourth-order valence-electron chi connectivity index (χ4n) is 1.66. The molecule has 0 fully saturated rings. The lowest BCUT2D eigenvalue weighted by Gasteiger charge is -2.14. The van der Waals surface area contributed by atoms with Gasteiger partial charge in [-0.15, -0.1) is 0 Å². The molecular weight excluding hydrogens is 324 g/mol. The van der Waals surface area contributed by atoms with Crippen LogP contribution in [0, 0.1) is 26.9 Å². The van der Waals surface area contributed by atoms with Crippen LogP contribution in [0.1, 0.15) is 33.1 Å². The van der Waals surface area contributed by atoms with Gasteiger partial charge in [-0.1, -0.05) is 6.07 Å². The third kappa shape index (κ3) is 4.82. The van der Waals surface area contributed by atoms with E-state index in [1.54, 1.807) is 12.1 Å². The first-order chi connectivity index (χ1) is 9.37. The molecule has 1 rings (SSSR count). The van der Waals surface area contributed by atoms with E-state index in [1.807, 2.05) is 13.8 Å². The van der Waals surface area contributed by atoms with Crippen LogP contribution in [-0.2, 0) is 0 Å². The molecule has 0 aliphatic rings. The number of ether oxygens (including phenoxy) is 1. The zero-order chi connectivity index (χ0) is 15.2. The van der Waals surface area contributed by atoms with E-state index in [0.717, 1.165) is 19.3 Å². The number of benzene rings is 1. The minimum Gasteiger partial charge on any atom is -0.492 e. The van der Waals surface area contributed by atoms with Crippen molar-refractivity contribution < 1.29 is 9.66 Å². The average molecular weight is 341 g/mol. The van der Waals surface area contributed by atoms with E-state index in [0.29, 0.717) is 16.8 Å². The molecule has 1 aromatic rings. The molecule has 6 heteroatoms. The molecule has 5 nitrogen and oxygen atoms in total. The molecule has 0 saturated heterocycles. The van der Waals surface area contributed by atoms with Crippen LogP contribution in [0.3, 0.4) is 0 Å². The molecule has 0 aliphatic carbocycles. The van der Waals surface area contributed by atoms with Gasteiger partial charge in [-0.25, -0.2) is 0 Å².